The molecule has 0 aromatic heterocycles. The molecule has 0 aliphatic carbocycles. The van der Waals surface area contributed by atoms with Gasteiger partial charge in [-0.05, 0) is 18.2 Å². The van der Waals surface area contributed by atoms with Crippen molar-refractivity contribution < 1.29 is 19.2 Å². The molecule has 3 amide bonds. The maximum atomic E-state index is 11.5. The van der Waals surface area contributed by atoms with Crippen LogP contribution in [0.2, 0.25) is 10.0 Å². The van der Waals surface area contributed by atoms with Crippen molar-refractivity contribution in [1.82, 2.24) is 5.06 Å². The van der Waals surface area contributed by atoms with Crippen molar-refractivity contribution in [3.63, 3.8) is 0 Å². The SMILES string of the molecule is O=C(Nc1ccc(Cl)c(Cl)c1)ON1C(=O)CCC1=O. The van der Waals surface area contributed by atoms with Crippen LogP contribution >= 0.6 is 23.2 Å². The van der Waals surface area contributed by atoms with Crippen molar-refractivity contribution in [1.29, 1.82) is 0 Å². The second kappa shape index (κ2) is 5.46. The molecule has 8 heteroatoms. The Morgan fingerprint density at radius 2 is 1.79 bits per heavy atom. The van der Waals surface area contributed by atoms with Crippen molar-refractivity contribution in [2.24, 2.45) is 0 Å². The standard InChI is InChI=1S/C11H8Cl2N2O4/c12-7-2-1-6(5-8(7)13)14-11(18)19-15-9(16)3-4-10(15)17/h1-2,5H,3-4H2,(H,14,18). The Balaban J connectivity index is 1.99. The minimum absolute atomic E-state index is 0.0406. The summed E-state index contributed by atoms with van der Waals surface area (Å²) < 4.78 is 0. The van der Waals surface area contributed by atoms with Gasteiger partial charge in [-0.1, -0.05) is 23.2 Å². The van der Waals surface area contributed by atoms with Gasteiger partial charge in [0.2, 0.25) is 0 Å². The first kappa shape index (κ1) is 13.6. The van der Waals surface area contributed by atoms with Gasteiger partial charge in [-0.25, -0.2) is 4.79 Å². The van der Waals surface area contributed by atoms with E-state index in [-0.39, 0.29) is 17.9 Å². The van der Waals surface area contributed by atoms with Crippen molar-refractivity contribution in [2.75, 3.05) is 5.32 Å². The zero-order valence-corrected chi connectivity index (χ0v) is 11.0. The van der Waals surface area contributed by atoms with Gasteiger partial charge in [0.1, 0.15) is 0 Å². The van der Waals surface area contributed by atoms with E-state index >= 15 is 0 Å². The van der Waals surface area contributed by atoms with Gasteiger partial charge < -0.3 is 4.84 Å². The molecule has 1 fully saturated rings. The first-order valence-electron chi connectivity index (χ1n) is 5.27. The molecule has 1 aliphatic heterocycles. The highest BCUT2D eigenvalue weighted by atomic mass is 35.5. The summed E-state index contributed by atoms with van der Waals surface area (Å²) in [5.74, 6) is -1.09. The summed E-state index contributed by atoms with van der Waals surface area (Å²) in [5.41, 5.74) is 0.332. The molecule has 1 saturated heterocycles. The Morgan fingerprint density at radius 3 is 2.37 bits per heavy atom. The molecule has 1 aromatic carbocycles. The average molecular weight is 303 g/mol. The Kier molecular flexibility index (Phi) is 3.92. The van der Waals surface area contributed by atoms with E-state index in [0.717, 1.165) is 0 Å². The lowest BCUT2D eigenvalue weighted by Crippen LogP contribution is -2.33. The number of anilines is 1. The molecule has 1 aromatic rings. The van der Waals surface area contributed by atoms with E-state index < -0.39 is 17.9 Å². The fourth-order valence-electron chi connectivity index (χ4n) is 1.46. The Bertz CT molecular complexity index is 546. The molecule has 6 nitrogen and oxygen atoms in total. The van der Waals surface area contributed by atoms with Crippen LogP contribution in [-0.2, 0) is 14.4 Å². The van der Waals surface area contributed by atoms with Crippen molar-refractivity contribution in [3.05, 3.63) is 28.2 Å². The van der Waals surface area contributed by atoms with Gasteiger partial charge in [-0.15, -0.1) is 5.06 Å². The summed E-state index contributed by atoms with van der Waals surface area (Å²) in [6.45, 7) is 0. The lowest BCUT2D eigenvalue weighted by atomic mass is 10.3. The Labute approximate surface area is 118 Å². The monoisotopic (exact) mass is 302 g/mol. The Hall–Kier alpha value is -1.79. The van der Waals surface area contributed by atoms with E-state index in [0.29, 0.717) is 15.8 Å². The smallest absolute Gasteiger partial charge is 0.311 e. The molecule has 19 heavy (non-hydrogen) atoms. The molecule has 1 heterocycles. The van der Waals surface area contributed by atoms with E-state index in [1.165, 1.54) is 18.2 Å². The summed E-state index contributed by atoms with van der Waals surface area (Å²) >= 11 is 11.5. The average Bonchev–Trinajstić information content (AvgIpc) is 2.66. The van der Waals surface area contributed by atoms with E-state index in [1.807, 2.05) is 0 Å². The highest BCUT2D eigenvalue weighted by molar-refractivity contribution is 6.42. The lowest BCUT2D eigenvalue weighted by molar-refractivity contribution is -0.170. The van der Waals surface area contributed by atoms with Gasteiger partial charge in [-0.2, -0.15) is 0 Å². The molecule has 0 saturated carbocycles. The number of hydroxylamine groups is 2. The topological polar surface area (TPSA) is 75.7 Å². The van der Waals surface area contributed by atoms with Gasteiger partial charge in [0.15, 0.2) is 0 Å². The number of carbonyl (C=O) groups excluding carboxylic acids is 3. The number of amides is 3. The van der Waals surface area contributed by atoms with E-state index in [1.54, 1.807) is 0 Å². The summed E-state index contributed by atoms with van der Waals surface area (Å²) in [6.07, 6.45) is -0.875. The minimum atomic E-state index is -0.956. The maximum absolute atomic E-state index is 11.5. The van der Waals surface area contributed by atoms with Crippen LogP contribution < -0.4 is 5.32 Å². The zero-order chi connectivity index (χ0) is 14.0. The molecule has 0 radical (unpaired) electrons. The first-order chi connectivity index (χ1) is 8.97. The maximum Gasteiger partial charge on any atom is 0.436 e. The number of halogens is 2. The van der Waals surface area contributed by atoms with Crippen molar-refractivity contribution in [2.45, 2.75) is 12.8 Å². The molecule has 2 rings (SSSR count). The van der Waals surface area contributed by atoms with Gasteiger partial charge >= 0.3 is 6.09 Å². The molecule has 0 bridgehead atoms. The molecular weight excluding hydrogens is 295 g/mol. The summed E-state index contributed by atoms with van der Waals surface area (Å²) in [4.78, 5) is 38.6. The van der Waals surface area contributed by atoms with E-state index in [9.17, 15) is 14.4 Å². The van der Waals surface area contributed by atoms with Crippen LogP contribution in [0, 0.1) is 0 Å². The van der Waals surface area contributed by atoms with Crippen LogP contribution in [-0.4, -0.2) is 23.0 Å². The molecule has 0 spiro atoms. The molecular formula is C11H8Cl2N2O4. The number of hydrogen-bond donors (Lipinski definition) is 1. The van der Waals surface area contributed by atoms with Gasteiger partial charge in [0.25, 0.3) is 11.8 Å². The van der Waals surface area contributed by atoms with Crippen molar-refractivity contribution in [3.8, 4) is 0 Å². The summed E-state index contributed by atoms with van der Waals surface area (Å²) in [6, 6.07) is 4.41. The number of imide groups is 1. The highest BCUT2D eigenvalue weighted by Gasteiger charge is 2.32. The zero-order valence-electron chi connectivity index (χ0n) is 9.48. The molecule has 0 atom stereocenters. The quantitative estimate of drug-likeness (QED) is 0.852. The highest BCUT2D eigenvalue weighted by Crippen LogP contribution is 2.25. The van der Waals surface area contributed by atoms with E-state index in [2.05, 4.69) is 10.2 Å². The van der Waals surface area contributed by atoms with Gasteiger partial charge in [0, 0.05) is 18.5 Å². The van der Waals surface area contributed by atoms with Crippen LogP contribution in [0.25, 0.3) is 0 Å². The van der Waals surface area contributed by atoms with Crippen LogP contribution in [0.3, 0.4) is 0 Å². The number of nitrogens with zero attached hydrogens (tertiary/aromatic N) is 1. The minimum Gasteiger partial charge on any atom is -0.311 e. The van der Waals surface area contributed by atoms with Crippen LogP contribution in [0.4, 0.5) is 10.5 Å². The second-order valence-corrected chi connectivity index (χ2v) is 4.53. The summed E-state index contributed by atoms with van der Waals surface area (Å²) in [7, 11) is 0. The predicted molar refractivity (Wildman–Crippen MR) is 67.7 cm³/mol. The number of hydrogen-bond acceptors (Lipinski definition) is 4. The van der Waals surface area contributed by atoms with Crippen LogP contribution in [0.1, 0.15) is 12.8 Å². The lowest BCUT2D eigenvalue weighted by Gasteiger charge is -2.13. The third-order valence-corrected chi connectivity index (χ3v) is 3.08. The third-order valence-electron chi connectivity index (χ3n) is 2.35. The Morgan fingerprint density at radius 1 is 1.16 bits per heavy atom. The number of benzene rings is 1. The predicted octanol–water partition coefficient (Wildman–Crippen LogP) is 2.61. The van der Waals surface area contributed by atoms with Gasteiger partial charge in [0.05, 0.1) is 10.0 Å². The number of nitrogens with one attached hydrogen (secondary N) is 1. The van der Waals surface area contributed by atoms with E-state index in [4.69, 9.17) is 23.2 Å². The third kappa shape index (κ3) is 3.15. The number of rotatable bonds is 2. The first-order valence-corrected chi connectivity index (χ1v) is 6.03. The fourth-order valence-corrected chi connectivity index (χ4v) is 1.75. The molecule has 0 unspecified atom stereocenters. The van der Waals surface area contributed by atoms with Crippen molar-refractivity contribution >= 4 is 46.8 Å². The van der Waals surface area contributed by atoms with Gasteiger partial charge in [-0.3, -0.25) is 14.9 Å². The fraction of sp³-hybridized carbons (Fsp3) is 0.182. The molecule has 100 valence electrons. The molecule has 1 aliphatic rings. The number of carbonyl (C=O) groups is 3. The molecule has 1 N–H and O–H groups in total. The normalized spacial score (nSPS) is 14.7. The largest absolute Gasteiger partial charge is 0.436 e. The van der Waals surface area contributed by atoms with Crippen LogP contribution in [0.5, 0.6) is 0 Å². The second-order valence-electron chi connectivity index (χ2n) is 3.71. The summed E-state index contributed by atoms with van der Waals surface area (Å²) in [5, 5.41) is 3.37. The van der Waals surface area contributed by atoms with Crippen LogP contribution in [0.15, 0.2) is 18.2 Å².